The Morgan fingerprint density at radius 2 is 2.00 bits per heavy atom. The van der Waals surface area contributed by atoms with E-state index in [4.69, 9.17) is 9.84 Å². The summed E-state index contributed by atoms with van der Waals surface area (Å²) in [5.41, 5.74) is 0.763. The van der Waals surface area contributed by atoms with Gasteiger partial charge in [0.25, 0.3) is 0 Å². The zero-order chi connectivity index (χ0) is 11.4. The largest absolute Gasteiger partial charge is 0.438 e. The second kappa shape index (κ2) is 5.09. The van der Waals surface area contributed by atoms with Crippen LogP contribution in [0.1, 0.15) is 5.56 Å². The molecule has 0 saturated heterocycles. The van der Waals surface area contributed by atoms with Crippen LogP contribution in [0.3, 0.4) is 0 Å². The molecule has 0 fully saturated rings. The van der Waals surface area contributed by atoms with E-state index in [9.17, 15) is 0 Å². The number of aliphatic hydroxyl groups is 1. The monoisotopic (exact) mass is 279 g/mol. The Morgan fingerprint density at radius 1 is 1.19 bits per heavy atom. The third kappa shape index (κ3) is 2.59. The molecule has 0 spiro atoms. The molecule has 0 atom stereocenters. The first-order chi connectivity index (χ1) is 7.79. The number of nitrogens with zero attached hydrogens (tertiary/aromatic N) is 1. The summed E-state index contributed by atoms with van der Waals surface area (Å²) in [6, 6.07) is 11.1. The van der Waals surface area contributed by atoms with Crippen LogP contribution in [0.5, 0.6) is 11.6 Å². The summed E-state index contributed by atoms with van der Waals surface area (Å²) in [5, 5.41) is 8.87. The molecular weight excluding hydrogens is 270 g/mol. The summed E-state index contributed by atoms with van der Waals surface area (Å²) in [6.07, 6.45) is 1.59. The van der Waals surface area contributed by atoms with E-state index in [1.807, 2.05) is 24.3 Å². The van der Waals surface area contributed by atoms with E-state index in [2.05, 4.69) is 20.9 Å². The Balaban J connectivity index is 2.18. The van der Waals surface area contributed by atoms with Gasteiger partial charge in [-0.2, -0.15) is 0 Å². The number of hydrogen-bond donors (Lipinski definition) is 1. The summed E-state index contributed by atoms with van der Waals surface area (Å²) in [7, 11) is 0. The molecule has 0 aliphatic heterocycles. The average Bonchev–Trinajstić information content (AvgIpc) is 2.33. The van der Waals surface area contributed by atoms with Crippen LogP contribution in [0.4, 0.5) is 0 Å². The zero-order valence-electron chi connectivity index (χ0n) is 8.43. The minimum atomic E-state index is -0.0116. The second-order valence-electron chi connectivity index (χ2n) is 3.20. The molecule has 0 aliphatic rings. The highest BCUT2D eigenvalue weighted by Gasteiger charge is 2.02. The van der Waals surface area contributed by atoms with Gasteiger partial charge < -0.3 is 9.84 Å². The van der Waals surface area contributed by atoms with Crippen LogP contribution in [0.2, 0.25) is 0 Å². The number of rotatable bonds is 3. The van der Waals surface area contributed by atoms with Crippen LogP contribution in [0.25, 0.3) is 0 Å². The van der Waals surface area contributed by atoms with Crippen molar-refractivity contribution in [1.82, 2.24) is 4.98 Å². The Morgan fingerprint density at radius 3 is 2.62 bits per heavy atom. The fraction of sp³-hybridized carbons (Fsp3) is 0.0833. The van der Waals surface area contributed by atoms with Crippen molar-refractivity contribution in [3.63, 3.8) is 0 Å². The van der Waals surface area contributed by atoms with Crippen molar-refractivity contribution in [3.8, 4) is 11.6 Å². The number of para-hydroxylation sites is 1. The molecule has 4 heteroatoms. The Bertz CT molecular complexity index is 471. The highest BCUT2D eigenvalue weighted by Crippen LogP contribution is 2.27. The third-order valence-electron chi connectivity index (χ3n) is 2.03. The van der Waals surface area contributed by atoms with Gasteiger partial charge in [0, 0.05) is 12.3 Å². The van der Waals surface area contributed by atoms with E-state index in [0.717, 1.165) is 10.0 Å². The second-order valence-corrected chi connectivity index (χ2v) is 4.05. The molecule has 0 bridgehead atoms. The van der Waals surface area contributed by atoms with Gasteiger partial charge in [-0.3, -0.25) is 0 Å². The van der Waals surface area contributed by atoms with Crippen molar-refractivity contribution >= 4 is 15.9 Å². The molecule has 2 aromatic rings. The van der Waals surface area contributed by atoms with Crippen molar-refractivity contribution in [3.05, 3.63) is 52.6 Å². The van der Waals surface area contributed by atoms with E-state index >= 15 is 0 Å². The molecule has 1 aromatic carbocycles. The van der Waals surface area contributed by atoms with Gasteiger partial charge in [0.1, 0.15) is 5.75 Å². The lowest BCUT2D eigenvalue weighted by Crippen LogP contribution is -1.90. The lowest BCUT2D eigenvalue weighted by Gasteiger charge is -2.06. The molecule has 0 saturated carbocycles. The fourth-order valence-corrected chi connectivity index (χ4v) is 1.57. The van der Waals surface area contributed by atoms with E-state index in [0.29, 0.717) is 11.6 Å². The molecule has 1 aromatic heterocycles. The van der Waals surface area contributed by atoms with Crippen molar-refractivity contribution in [2.24, 2.45) is 0 Å². The van der Waals surface area contributed by atoms with Gasteiger partial charge in [-0.15, -0.1) is 0 Å². The van der Waals surface area contributed by atoms with Gasteiger partial charge in [0.2, 0.25) is 5.88 Å². The van der Waals surface area contributed by atoms with Gasteiger partial charge in [0.05, 0.1) is 11.1 Å². The molecule has 3 nitrogen and oxygen atoms in total. The number of ether oxygens (including phenoxy) is 1. The van der Waals surface area contributed by atoms with Crippen LogP contribution in [-0.4, -0.2) is 10.1 Å². The summed E-state index contributed by atoms with van der Waals surface area (Å²) in [4.78, 5) is 4.08. The fourth-order valence-electron chi connectivity index (χ4n) is 1.20. The maximum Gasteiger partial charge on any atom is 0.219 e. The predicted octanol–water partition coefficient (Wildman–Crippen LogP) is 3.13. The summed E-state index contributed by atoms with van der Waals surface area (Å²) in [5.74, 6) is 1.22. The standard InChI is InChI=1S/C12H10BrNO2/c13-10-3-1-2-4-11(10)16-12-6-5-9(8-15)7-14-12/h1-7,15H,8H2. The molecule has 0 radical (unpaired) electrons. The van der Waals surface area contributed by atoms with Crippen LogP contribution >= 0.6 is 15.9 Å². The molecule has 0 aliphatic carbocycles. The van der Waals surface area contributed by atoms with Crippen LogP contribution < -0.4 is 4.74 Å². The van der Waals surface area contributed by atoms with Crippen molar-refractivity contribution in [2.45, 2.75) is 6.61 Å². The van der Waals surface area contributed by atoms with Gasteiger partial charge in [0.15, 0.2) is 0 Å². The number of pyridine rings is 1. The van der Waals surface area contributed by atoms with Crippen molar-refractivity contribution < 1.29 is 9.84 Å². The minimum absolute atomic E-state index is 0.0116. The number of hydrogen-bond acceptors (Lipinski definition) is 3. The van der Waals surface area contributed by atoms with E-state index in [-0.39, 0.29) is 6.61 Å². The first-order valence-electron chi connectivity index (χ1n) is 4.78. The number of aromatic nitrogens is 1. The Labute approximate surface area is 102 Å². The zero-order valence-corrected chi connectivity index (χ0v) is 10.0. The van der Waals surface area contributed by atoms with Gasteiger partial charge in [-0.25, -0.2) is 4.98 Å². The highest BCUT2D eigenvalue weighted by molar-refractivity contribution is 9.10. The third-order valence-corrected chi connectivity index (χ3v) is 2.69. The Hall–Kier alpha value is -1.39. The lowest BCUT2D eigenvalue weighted by atomic mass is 10.3. The predicted molar refractivity (Wildman–Crippen MR) is 64.4 cm³/mol. The highest BCUT2D eigenvalue weighted by atomic mass is 79.9. The number of benzene rings is 1. The Kier molecular flexibility index (Phi) is 3.54. The van der Waals surface area contributed by atoms with Crippen molar-refractivity contribution in [2.75, 3.05) is 0 Å². The van der Waals surface area contributed by atoms with Gasteiger partial charge in [-0.1, -0.05) is 12.1 Å². The SMILES string of the molecule is OCc1ccc(Oc2ccccc2Br)nc1. The maximum absolute atomic E-state index is 8.87. The summed E-state index contributed by atoms with van der Waals surface area (Å²) < 4.78 is 6.45. The van der Waals surface area contributed by atoms with E-state index in [1.165, 1.54) is 0 Å². The smallest absolute Gasteiger partial charge is 0.219 e. The first-order valence-corrected chi connectivity index (χ1v) is 5.57. The van der Waals surface area contributed by atoms with Crippen LogP contribution in [0, 0.1) is 0 Å². The number of halogens is 1. The number of aliphatic hydroxyl groups excluding tert-OH is 1. The van der Waals surface area contributed by atoms with Crippen molar-refractivity contribution in [1.29, 1.82) is 0 Å². The van der Waals surface area contributed by atoms with E-state index in [1.54, 1.807) is 18.3 Å². The minimum Gasteiger partial charge on any atom is -0.438 e. The molecule has 1 N–H and O–H groups in total. The molecule has 0 unspecified atom stereocenters. The molecule has 82 valence electrons. The lowest BCUT2D eigenvalue weighted by molar-refractivity contribution is 0.281. The van der Waals surface area contributed by atoms with E-state index < -0.39 is 0 Å². The van der Waals surface area contributed by atoms with Gasteiger partial charge in [-0.05, 0) is 39.7 Å². The molecule has 2 rings (SSSR count). The van der Waals surface area contributed by atoms with Crippen LogP contribution in [-0.2, 0) is 6.61 Å². The quantitative estimate of drug-likeness (QED) is 0.939. The van der Waals surface area contributed by atoms with Crippen LogP contribution in [0.15, 0.2) is 47.1 Å². The molecule has 0 amide bonds. The molecule has 1 heterocycles. The average molecular weight is 280 g/mol. The molecule has 16 heavy (non-hydrogen) atoms. The normalized spacial score (nSPS) is 10.1. The molecular formula is C12H10BrNO2. The van der Waals surface area contributed by atoms with Gasteiger partial charge >= 0.3 is 0 Å². The summed E-state index contributed by atoms with van der Waals surface area (Å²) in [6.45, 7) is -0.0116. The first kappa shape index (κ1) is 11.1. The maximum atomic E-state index is 8.87. The summed E-state index contributed by atoms with van der Waals surface area (Å²) >= 11 is 3.39. The topological polar surface area (TPSA) is 42.4 Å².